The minimum atomic E-state index is -3.23. The van der Waals surface area contributed by atoms with Gasteiger partial charge in [0.05, 0.1) is 36.4 Å². The van der Waals surface area contributed by atoms with Crippen LogP contribution in [0, 0.1) is 0 Å². The molecule has 0 atom stereocenters. The Kier molecular flexibility index (Phi) is 3.19. The van der Waals surface area contributed by atoms with Crippen LogP contribution < -0.4 is 4.72 Å². The van der Waals surface area contributed by atoms with Crippen molar-refractivity contribution >= 4 is 15.7 Å². The summed E-state index contributed by atoms with van der Waals surface area (Å²) in [5.74, 6) is 0. The highest BCUT2D eigenvalue weighted by Gasteiger charge is 2.17. The number of benzene rings is 1. The van der Waals surface area contributed by atoms with Gasteiger partial charge in [-0.15, -0.1) is 0 Å². The van der Waals surface area contributed by atoms with Crippen molar-refractivity contribution in [3.8, 4) is 5.69 Å². The van der Waals surface area contributed by atoms with Crippen LogP contribution in [0.4, 0.5) is 0 Å². The molecule has 0 unspecified atom stereocenters. The lowest BCUT2D eigenvalue weighted by molar-refractivity contribution is 0.592. The van der Waals surface area contributed by atoms with E-state index < -0.39 is 10.0 Å². The third-order valence-corrected chi connectivity index (χ3v) is 3.91. The van der Waals surface area contributed by atoms with Crippen molar-refractivity contribution in [1.82, 2.24) is 9.29 Å². The Bertz CT molecular complexity index is 775. The van der Waals surface area contributed by atoms with Crippen LogP contribution in [0.1, 0.15) is 11.3 Å². The van der Waals surface area contributed by atoms with Gasteiger partial charge in [0.15, 0.2) is 0 Å². The molecule has 104 valence electrons. The molecule has 5 nitrogen and oxygen atoms in total. The zero-order chi connectivity index (χ0) is 14.2. The van der Waals surface area contributed by atoms with E-state index in [0.29, 0.717) is 6.54 Å². The number of hydrogen-bond donors (Lipinski definition) is 1. The predicted molar refractivity (Wildman–Crippen MR) is 78.9 cm³/mol. The first-order valence-electron chi connectivity index (χ1n) is 6.28. The average Bonchev–Trinajstić information content (AvgIpc) is 2.82. The van der Waals surface area contributed by atoms with Gasteiger partial charge in [-0.1, -0.05) is 18.2 Å². The monoisotopic (exact) mass is 289 g/mol. The molecule has 0 aliphatic carbocycles. The number of para-hydroxylation sites is 1. The van der Waals surface area contributed by atoms with Crippen molar-refractivity contribution in [2.24, 2.45) is 4.99 Å². The number of rotatable bonds is 3. The summed E-state index contributed by atoms with van der Waals surface area (Å²) in [6.45, 7) is 0.759. The van der Waals surface area contributed by atoms with Crippen LogP contribution in [0.25, 0.3) is 5.69 Å². The van der Waals surface area contributed by atoms with E-state index in [9.17, 15) is 8.42 Å². The molecule has 3 rings (SSSR count). The largest absolute Gasteiger partial charge is 0.315 e. The van der Waals surface area contributed by atoms with E-state index in [2.05, 4.69) is 9.71 Å². The molecule has 0 radical (unpaired) electrons. The Morgan fingerprint density at radius 3 is 2.85 bits per heavy atom. The van der Waals surface area contributed by atoms with E-state index in [4.69, 9.17) is 0 Å². The van der Waals surface area contributed by atoms with Crippen LogP contribution in [0.2, 0.25) is 0 Å². The molecule has 1 aliphatic heterocycles. The van der Waals surface area contributed by atoms with Crippen LogP contribution in [0.5, 0.6) is 0 Å². The van der Waals surface area contributed by atoms with Crippen LogP contribution in [0.3, 0.4) is 0 Å². The number of nitrogens with zero attached hydrogens (tertiary/aromatic N) is 2. The van der Waals surface area contributed by atoms with Gasteiger partial charge in [-0.3, -0.25) is 4.99 Å². The van der Waals surface area contributed by atoms with Crippen LogP contribution in [-0.2, 0) is 16.6 Å². The lowest BCUT2D eigenvalue weighted by atomic mass is 10.2. The van der Waals surface area contributed by atoms with Crippen LogP contribution in [0.15, 0.2) is 47.6 Å². The van der Waals surface area contributed by atoms with E-state index in [-0.39, 0.29) is 6.54 Å². The molecule has 2 heterocycles. The highest BCUT2D eigenvalue weighted by molar-refractivity contribution is 7.88. The molecule has 1 N–H and O–H groups in total. The number of nitrogens with one attached hydrogen (secondary N) is 1. The Balaban J connectivity index is 2.02. The minimum absolute atomic E-state index is 0.205. The Morgan fingerprint density at radius 1 is 1.25 bits per heavy atom. The fraction of sp³-hybridized carbons (Fsp3) is 0.214. The first-order valence-corrected chi connectivity index (χ1v) is 8.18. The highest BCUT2D eigenvalue weighted by Crippen LogP contribution is 2.22. The molecule has 20 heavy (non-hydrogen) atoms. The Labute approximate surface area is 118 Å². The third kappa shape index (κ3) is 2.52. The van der Waals surface area contributed by atoms with E-state index in [0.717, 1.165) is 28.9 Å². The predicted octanol–water partition coefficient (Wildman–Crippen LogP) is 1.33. The first-order chi connectivity index (χ1) is 9.54. The fourth-order valence-corrected chi connectivity index (χ4v) is 2.71. The van der Waals surface area contributed by atoms with Gasteiger partial charge in [0.1, 0.15) is 0 Å². The molecular weight excluding hydrogens is 274 g/mol. The maximum absolute atomic E-state index is 11.3. The zero-order valence-corrected chi connectivity index (χ0v) is 11.9. The third-order valence-electron chi connectivity index (χ3n) is 3.24. The van der Waals surface area contributed by atoms with Crippen molar-refractivity contribution < 1.29 is 8.42 Å². The SMILES string of the molecule is CS(=O)(=O)NCC1=NCc2ccccc2-n2cccc21. The normalized spacial score (nSPS) is 14.2. The average molecular weight is 289 g/mol. The van der Waals surface area contributed by atoms with Crippen molar-refractivity contribution in [3.05, 3.63) is 53.9 Å². The van der Waals surface area contributed by atoms with Crippen LogP contribution in [-0.4, -0.2) is 31.5 Å². The minimum Gasteiger partial charge on any atom is -0.315 e. The second-order valence-electron chi connectivity index (χ2n) is 4.75. The van der Waals surface area contributed by atoms with Gasteiger partial charge in [-0.2, -0.15) is 0 Å². The lowest BCUT2D eigenvalue weighted by Gasteiger charge is -2.10. The molecule has 0 fully saturated rings. The van der Waals surface area contributed by atoms with E-state index in [1.54, 1.807) is 0 Å². The zero-order valence-electron chi connectivity index (χ0n) is 11.1. The molecule has 1 aromatic heterocycles. The van der Waals surface area contributed by atoms with Gasteiger partial charge in [-0.25, -0.2) is 13.1 Å². The summed E-state index contributed by atoms with van der Waals surface area (Å²) in [4.78, 5) is 4.55. The molecule has 6 heteroatoms. The molecule has 0 bridgehead atoms. The summed E-state index contributed by atoms with van der Waals surface area (Å²) >= 11 is 0. The molecule has 0 spiro atoms. The van der Waals surface area contributed by atoms with Gasteiger partial charge in [0.2, 0.25) is 10.0 Å². The fourth-order valence-electron chi connectivity index (χ4n) is 2.31. The molecule has 1 aliphatic rings. The summed E-state index contributed by atoms with van der Waals surface area (Å²) in [6, 6.07) is 11.9. The van der Waals surface area contributed by atoms with Gasteiger partial charge in [0, 0.05) is 6.20 Å². The van der Waals surface area contributed by atoms with E-state index in [1.165, 1.54) is 0 Å². The van der Waals surface area contributed by atoms with Crippen molar-refractivity contribution in [3.63, 3.8) is 0 Å². The quantitative estimate of drug-likeness (QED) is 0.926. The van der Waals surface area contributed by atoms with Crippen molar-refractivity contribution in [2.75, 3.05) is 12.8 Å². The maximum Gasteiger partial charge on any atom is 0.209 e. The number of sulfonamides is 1. The highest BCUT2D eigenvalue weighted by atomic mass is 32.2. The van der Waals surface area contributed by atoms with Crippen molar-refractivity contribution in [2.45, 2.75) is 6.54 Å². The molecule has 0 amide bonds. The van der Waals surface area contributed by atoms with E-state index >= 15 is 0 Å². The molecule has 0 saturated heterocycles. The van der Waals surface area contributed by atoms with Gasteiger partial charge >= 0.3 is 0 Å². The smallest absolute Gasteiger partial charge is 0.209 e. The summed E-state index contributed by atoms with van der Waals surface area (Å²) in [6.07, 6.45) is 3.12. The number of aliphatic imine (C=N–C) groups is 1. The van der Waals surface area contributed by atoms with Gasteiger partial charge < -0.3 is 4.57 Å². The lowest BCUT2D eigenvalue weighted by Crippen LogP contribution is -2.29. The Hall–Kier alpha value is -1.92. The standard InChI is InChI=1S/C14H15N3O2S/c1-20(18,19)16-10-12-14-7-4-8-17(14)13-6-3-2-5-11(13)9-15-12/h2-8,16H,9-10H2,1H3. The van der Waals surface area contributed by atoms with Crippen LogP contribution >= 0.6 is 0 Å². The summed E-state index contributed by atoms with van der Waals surface area (Å²) in [5.41, 5.74) is 3.88. The van der Waals surface area contributed by atoms with Gasteiger partial charge in [-0.05, 0) is 23.8 Å². The summed E-state index contributed by atoms with van der Waals surface area (Å²) in [5, 5.41) is 0. The number of hydrogen-bond acceptors (Lipinski definition) is 3. The van der Waals surface area contributed by atoms with Gasteiger partial charge in [0.25, 0.3) is 0 Å². The molecule has 1 aromatic carbocycles. The topological polar surface area (TPSA) is 63.5 Å². The van der Waals surface area contributed by atoms with Crippen molar-refractivity contribution in [1.29, 1.82) is 0 Å². The van der Waals surface area contributed by atoms with E-state index in [1.807, 2.05) is 47.2 Å². The number of fused-ring (bicyclic) bond motifs is 3. The Morgan fingerprint density at radius 2 is 2.05 bits per heavy atom. The first kappa shape index (κ1) is 13.1. The number of aromatic nitrogens is 1. The maximum atomic E-state index is 11.3. The molecule has 2 aromatic rings. The second kappa shape index (κ2) is 4.88. The summed E-state index contributed by atoms with van der Waals surface area (Å²) < 4.78 is 27.1. The second-order valence-corrected chi connectivity index (χ2v) is 6.58. The summed E-state index contributed by atoms with van der Waals surface area (Å²) in [7, 11) is -3.23. The molecular formula is C14H15N3O2S. The molecule has 0 saturated carbocycles.